The Labute approximate surface area is 131 Å². The predicted molar refractivity (Wildman–Crippen MR) is 83.0 cm³/mol. The van der Waals surface area contributed by atoms with Gasteiger partial charge in [-0.25, -0.2) is 13.2 Å². The van der Waals surface area contributed by atoms with Crippen molar-refractivity contribution in [1.82, 2.24) is 4.57 Å². The van der Waals surface area contributed by atoms with E-state index in [0.717, 1.165) is 23.9 Å². The van der Waals surface area contributed by atoms with Crippen molar-refractivity contribution in [2.45, 2.75) is 19.9 Å². The van der Waals surface area contributed by atoms with Gasteiger partial charge in [0.25, 0.3) is 0 Å². The SMILES string of the molecule is CC(C)n1cc(C=O)c2cc(-c3cc(F)c(F)c(F)c3)ccc21. The number of benzene rings is 2. The van der Waals surface area contributed by atoms with E-state index in [-0.39, 0.29) is 11.6 Å². The number of fused-ring (bicyclic) bond motifs is 1. The van der Waals surface area contributed by atoms with Gasteiger partial charge in [-0.15, -0.1) is 0 Å². The monoisotopic (exact) mass is 317 g/mol. The van der Waals surface area contributed by atoms with E-state index in [2.05, 4.69) is 0 Å². The average molecular weight is 317 g/mol. The molecule has 118 valence electrons. The molecule has 0 aliphatic carbocycles. The van der Waals surface area contributed by atoms with Gasteiger partial charge in [0.1, 0.15) is 0 Å². The molecule has 1 aromatic heterocycles. The summed E-state index contributed by atoms with van der Waals surface area (Å²) < 4.78 is 41.9. The lowest BCUT2D eigenvalue weighted by Gasteiger charge is -2.10. The third-order valence-corrected chi connectivity index (χ3v) is 3.86. The highest BCUT2D eigenvalue weighted by Gasteiger charge is 2.14. The molecule has 0 N–H and O–H groups in total. The molecule has 0 bridgehead atoms. The molecule has 1 heterocycles. The quantitative estimate of drug-likeness (QED) is 0.485. The lowest BCUT2D eigenvalue weighted by molar-refractivity contribution is 0.112. The van der Waals surface area contributed by atoms with Crippen LogP contribution in [0.1, 0.15) is 30.2 Å². The maximum Gasteiger partial charge on any atom is 0.194 e. The largest absolute Gasteiger partial charge is 0.344 e. The van der Waals surface area contributed by atoms with E-state index in [4.69, 9.17) is 0 Å². The van der Waals surface area contributed by atoms with E-state index in [1.165, 1.54) is 0 Å². The number of hydrogen-bond acceptors (Lipinski definition) is 1. The first kappa shape index (κ1) is 15.3. The van der Waals surface area contributed by atoms with Gasteiger partial charge in [0.2, 0.25) is 0 Å². The number of aromatic nitrogens is 1. The second-order valence-corrected chi connectivity index (χ2v) is 5.69. The fraction of sp³-hybridized carbons (Fsp3) is 0.167. The number of rotatable bonds is 3. The van der Waals surface area contributed by atoms with Gasteiger partial charge >= 0.3 is 0 Å². The van der Waals surface area contributed by atoms with Crippen molar-refractivity contribution in [2.75, 3.05) is 0 Å². The highest BCUT2D eigenvalue weighted by Crippen LogP contribution is 2.30. The molecular formula is C18H14F3NO. The summed E-state index contributed by atoms with van der Waals surface area (Å²) in [5, 5.41) is 0.691. The van der Waals surface area contributed by atoms with Gasteiger partial charge in [0.05, 0.1) is 0 Å². The molecule has 3 rings (SSSR count). The maximum absolute atomic E-state index is 13.4. The first-order valence-electron chi connectivity index (χ1n) is 7.17. The van der Waals surface area contributed by atoms with Crippen molar-refractivity contribution in [1.29, 1.82) is 0 Å². The average Bonchev–Trinajstić information content (AvgIpc) is 2.90. The van der Waals surface area contributed by atoms with Crippen LogP contribution < -0.4 is 0 Å². The Kier molecular flexibility index (Phi) is 3.72. The minimum atomic E-state index is -1.49. The molecule has 2 aromatic carbocycles. The Balaban J connectivity index is 2.23. The Morgan fingerprint density at radius 1 is 1.00 bits per heavy atom. The van der Waals surface area contributed by atoms with Gasteiger partial charge in [-0.1, -0.05) is 6.07 Å². The van der Waals surface area contributed by atoms with Crippen LogP contribution in [0.4, 0.5) is 13.2 Å². The van der Waals surface area contributed by atoms with E-state index in [0.29, 0.717) is 16.5 Å². The Hall–Kier alpha value is -2.56. The van der Waals surface area contributed by atoms with Gasteiger partial charge < -0.3 is 4.57 Å². The predicted octanol–water partition coefficient (Wildman–Crippen LogP) is 5.12. The number of carbonyl (C=O) groups excluding carboxylic acids is 1. The molecule has 0 aliphatic heterocycles. The Bertz CT molecular complexity index is 889. The first-order chi connectivity index (χ1) is 10.9. The summed E-state index contributed by atoms with van der Waals surface area (Å²) in [6.07, 6.45) is 2.49. The highest BCUT2D eigenvalue weighted by molar-refractivity contribution is 5.99. The van der Waals surface area contributed by atoms with Crippen molar-refractivity contribution >= 4 is 17.2 Å². The minimum absolute atomic E-state index is 0.165. The fourth-order valence-electron chi connectivity index (χ4n) is 2.70. The van der Waals surface area contributed by atoms with Gasteiger partial charge in [-0.3, -0.25) is 4.79 Å². The molecule has 3 aromatic rings. The number of halogens is 3. The van der Waals surface area contributed by atoms with Crippen LogP contribution in [0.15, 0.2) is 36.5 Å². The smallest absolute Gasteiger partial charge is 0.194 e. The van der Waals surface area contributed by atoms with Gasteiger partial charge in [0.15, 0.2) is 23.7 Å². The fourth-order valence-corrected chi connectivity index (χ4v) is 2.70. The lowest BCUT2D eigenvalue weighted by atomic mass is 10.0. The molecule has 0 spiro atoms. The molecule has 0 atom stereocenters. The maximum atomic E-state index is 13.4. The lowest BCUT2D eigenvalue weighted by Crippen LogP contribution is -1.98. The second kappa shape index (κ2) is 5.57. The van der Waals surface area contributed by atoms with Crippen LogP contribution in [0.5, 0.6) is 0 Å². The zero-order chi connectivity index (χ0) is 16.7. The molecule has 23 heavy (non-hydrogen) atoms. The van der Waals surface area contributed by atoms with Crippen LogP contribution >= 0.6 is 0 Å². The van der Waals surface area contributed by atoms with Gasteiger partial charge in [-0.05, 0) is 49.2 Å². The summed E-state index contributed by atoms with van der Waals surface area (Å²) >= 11 is 0. The molecule has 0 saturated carbocycles. The summed E-state index contributed by atoms with van der Waals surface area (Å²) in [4.78, 5) is 11.3. The van der Waals surface area contributed by atoms with Crippen molar-refractivity contribution in [3.05, 3.63) is 59.5 Å². The molecule has 2 nitrogen and oxygen atoms in total. The van der Waals surface area contributed by atoms with Crippen LogP contribution in [0.2, 0.25) is 0 Å². The molecule has 0 unspecified atom stereocenters. The first-order valence-corrected chi connectivity index (χ1v) is 7.17. The summed E-state index contributed by atoms with van der Waals surface area (Å²) in [6.45, 7) is 3.99. The van der Waals surface area contributed by atoms with Crippen molar-refractivity contribution in [3.8, 4) is 11.1 Å². The van der Waals surface area contributed by atoms with Gasteiger partial charge in [0, 0.05) is 28.7 Å². The van der Waals surface area contributed by atoms with Crippen LogP contribution in [0.25, 0.3) is 22.0 Å². The molecule has 0 fully saturated rings. The Morgan fingerprint density at radius 2 is 1.65 bits per heavy atom. The minimum Gasteiger partial charge on any atom is -0.344 e. The van der Waals surface area contributed by atoms with Crippen molar-refractivity contribution in [3.63, 3.8) is 0 Å². The summed E-state index contributed by atoms with van der Waals surface area (Å²) in [7, 11) is 0. The molecular weight excluding hydrogens is 303 g/mol. The zero-order valence-corrected chi connectivity index (χ0v) is 12.6. The van der Waals surface area contributed by atoms with E-state index in [1.807, 2.05) is 18.4 Å². The zero-order valence-electron chi connectivity index (χ0n) is 12.6. The van der Waals surface area contributed by atoms with Crippen molar-refractivity contribution in [2.24, 2.45) is 0 Å². The van der Waals surface area contributed by atoms with E-state index < -0.39 is 17.5 Å². The third-order valence-electron chi connectivity index (χ3n) is 3.86. The topological polar surface area (TPSA) is 22.0 Å². The number of carbonyl (C=O) groups is 1. The highest BCUT2D eigenvalue weighted by atomic mass is 19.2. The van der Waals surface area contributed by atoms with Crippen LogP contribution in [0.3, 0.4) is 0 Å². The molecule has 0 radical (unpaired) electrons. The third kappa shape index (κ3) is 2.52. The number of nitrogens with zero attached hydrogens (tertiary/aromatic N) is 1. The molecule has 5 heteroatoms. The molecule has 0 aliphatic rings. The van der Waals surface area contributed by atoms with Gasteiger partial charge in [-0.2, -0.15) is 0 Å². The van der Waals surface area contributed by atoms with E-state index in [1.54, 1.807) is 24.4 Å². The van der Waals surface area contributed by atoms with E-state index >= 15 is 0 Å². The summed E-state index contributed by atoms with van der Waals surface area (Å²) in [5.74, 6) is -3.97. The van der Waals surface area contributed by atoms with E-state index in [9.17, 15) is 18.0 Å². The number of hydrogen-bond donors (Lipinski definition) is 0. The molecule has 0 saturated heterocycles. The number of aldehydes is 1. The molecule has 0 amide bonds. The van der Waals surface area contributed by atoms with Crippen LogP contribution in [-0.2, 0) is 0 Å². The normalized spacial score (nSPS) is 11.4. The summed E-state index contributed by atoms with van der Waals surface area (Å²) in [6, 6.07) is 7.22. The summed E-state index contributed by atoms with van der Waals surface area (Å²) in [5.41, 5.74) is 2.09. The van der Waals surface area contributed by atoms with Crippen LogP contribution in [0, 0.1) is 17.5 Å². The standard InChI is InChI=1S/C18H14F3NO/c1-10(2)22-8-13(9-23)14-5-11(3-4-17(14)22)12-6-15(19)18(21)16(20)7-12/h3-10H,1-2H3. The van der Waals surface area contributed by atoms with Crippen LogP contribution in [-0.4, -0.2) is 10.9 Å². The Morgan fingerprint density at radius 3 is 2.22 bits per heavy atom. The van der Waals surface area contributed by atoms with Crippen molar-refractivity contribution < 1.29 is 18.0 Å². The second-order valence-electron chi connectivity index (χ2n) is 5.69.